The number of benzene rings is 1. The number of nitrogens with one attached hydrogen (secondary N) is 1. The highest BCUT2D eigenvalue weighted by Crippen LogP contribution is 2.41. The normalized spacial score (nSPS) is 36.8. The molecule has 0 saturated heterocycles. The van der Waals surface area contributed by atoms with Crippen molar-refractivity contribution in [3.05, 3.63) is 35.4 Å². The van der Waals surface area contributed by atoms with Crippen LogP contribution >= 0.6 is 0 Å². The van der Waals surface area contributed by atoms with E-state index in [4.69, 9.17) is 5.73 Å². The van der Waals surface area contributed by atoms with E-state index < -0.39 is 5.60 Å². The van der Waals surface area contributed by atoms with Crippen LogP contribution in [0.1, 0.15) is 36.4 Å². The summed E-state index contributed by atoms with van der Waals surface area (Å²) < 4.78 is 0. The quantitative estimate of drug-likeness (QED) is 0.680. The van der Waals surface area contributed by atoms with Crippen LogP contribution in [0, 0.1) is 0 Å². The van der Waals surface area contributed by atoms with Crippen LogP contribution in [-0.4, -0.2) is 23.3 Å². The van der Waals surface area contributed by atoms with E-state index in [0.29, 0.717) is 6.42 Å². The first kappa shape index (κ1) is 11.2. The van der Waals surface area contributed by atoms with E-state index in [0.717, 1.165) is 25.8 Å². The number of aliphatic hydroxyl groups is 1. The third kappa shape index (κ3) is 1.88. The van der Waals surface area contributed by atoms with Gasteiger partial charge in [-0.15, -0.1) is 0 Å². The van der Waals surface area contributed by atoms with Gasteiger partial charge < -0.3 is 16.2 Å². The Morgan fingerprint density at radius 3 is 2.94 bits per heavy atom. The minimum atomic E-state index is -0.657. The van der Waals surface area contributed by atoms with E-state index in [-0.39, 0.29) is 12.1 Å². The molecule has 1 aromatic rings. The number of hydrogen-bond acceptors (Lipinski definition) is 3. The Balaban J connectivity index is 1.95. The second kappa shape index (κ2) is 4.09. The molecule has 2 aliphatic rings. The fourth-order valence-electron chi connectivity index (χ4n) is 3.34. The van der Waals surface area contributed by atoms with Crippen molar-refractivity contribution in [1.29, 1.82) is 0 Å². The third-order valence-electron chi connectivity index (χ3n) is 4.21. The number of hydrogen-bond donors (Lipinski definition) is 3. The topological polar surface area (TPSA) is 58.3 Å². The lowest BCUT2D eigenvalue weighted by Gasteiger charge is -2.38. The summed E-state index contributed by atoms with van der Waals surface area (Å²) in [5.74, 6) is 0. The number of nitrogens with two attached hydrogens (primary N) is 1. The Kier molecular flexibility index (Phi) is 2.69. The Labute approximate surface area is 102 Å². The molecule has 17 heavy (non-hydrogen) atoms. The van der Waals surface area contributed by atoms with E-state index >= 15 is 0 Å². The molecule has 3 rings (SSSR count). The Bertz CT molecular complexity index is 420. The summed E-state index contributed by atoms with van der Waals surface area (Å²) in [5, 5.41) is 14.3. The number of rotatable bonds is 1. The molecule has 0 spiro atoms. The molecule has 0 aromatic heterocycles. The minimum absolute atomic E-state index is 0.0565. The zero-order valence-corrected chi connectivity index (χ0v) is 10.0. The fourth-order valence-corrected chi connectivity index (χ4v) is 3.34. The van der Waals surface area contributed by atoms with Gasteiger partial charge in [0.25, 0.3) is 0 Å². The van der Waals surface area contributed by atoms with Gasteiger partial charge >= 0.3 is 0 Å². The molecule has 1 saturated carbocycles. The van der Waals surface area contributed by atoms with Gasteiger partial charge in [-0.25, -0.2) is 0 Å². The molecule has 3 atom stereocenters. The second-order valence-electron chi connectivity index (χ2n) is 5.44. The van der Waals surface area contributed by atoms with Crippen LogP contribution in [0.25, 0.3) is 0 Å². The van der Waals surface area contributed by atoms with Gasteiger partial charge in [0, 0.05) is 6.04 Å². The van der Waals surface area contributed by atoms with Gasteiger partial charge in [0.15, 0.2) is 0 Å². The first-order valence-electron chi connectivity index (χ1n) is 6.48. The van der Waals surface area contributed by atoms with Crippen molar-refractivity contribution in [3.63, 3.8) is 0 Å². The van der Waals surface area contributed by atoms with Crippen molar-refractivity contribution in [2.75, 3.05) is 6.54 Å². The van der Waals surface area contributed by atoms with E-state index in [9.17, 15) is 5.11 Å². The maximum absolute atomic E-state index is 10.8. The molecule has 1 aliphatic carbocycles. The zero-order valence-electron chi connectivity index (χ0n) is 10.0. The third-order valence-corrected chi connectivity index (χ3v) is 4.21. The molecule has 0 bridgehead atoms. The average molecular weight is 232 g/mol. The molecular formula is C14H20N2O. The van der Waals surface area contributed by atoms with Crippen molar-refractivity contribution in [2.45, 2.75) is 43.4 Å². The van der Waals surface area contributed by atoms with Crippen molar-refractivity contribution in [2.24, 2.45) is 5.73 Å². The molecule has 3 heteroatoms. The van der Waals surface area contributed by atoms with Crippen LogP contribution in [0.2, 0.25) is 0 Å². The molecule has 1 fully saturated rings. The lowest BCUT2D eigenvalue weighted by Crippen LogP contribution is -2.46. The van der Waals surface area contributed by atoms with Crippen LogP contribution < -0.4 is 11.1 Å². The molecule has 1 aliphatic heterocycles. The standard InChI is InChI=1S/C14H20N2O/c15-11-5-7-14(17,9-11)13-12-4-2-1-3-10(12)6-8-16-13/h1-4,11,13,16-17H,5-9,15H2. The summed E-state index contributed by atoms with van der Waals surface area (Å²) in [7, 11) is 0. The van der Waals surface area contributed by atoms with Gasteiger partial charge in [0.2, 0.25) is 0 Å². The molecule has 3 unspecified atom stereocenters. The van der Waals surface area contributed by atoms with Crippen LogP contribution in [0.15, 0.2) is 24.3 Å². The highest BCUT2D eigenvalue weighted by Gasteiger charge is 2.44. The lowest BCUT2D eigenvalue weighted by molar-refractivity contribution is 0.00376. The van der Waals surface area contributed by atoms with Crippen LogP contribution in [-0.2, 0) is 6.42 Å². The summed E-state index contributed by atoms with van der Waals surface area (Å²) in [5.41, 5.74) is 7.92. The SMILES string of the molecule is NC1CCC(O)(C2NCCc3ccccc32)C1. The Morgan fingerprint density at radius 1 is 1.35 bits per heavy atom. The molecule has 4 N–H and O–H groups in total. The minimum Gasteiger partial charge on any atom is -0.388 e. The van der Waals surface area contributed by atoms with Gasteiger partial charge in [-0.2, -0.15) is 0 Å². The number of fused-ring (bicyclic) bond motifs is 1. The van der Waals surface area contributed by atoms with Crippen molar-refractivity contribution >= 4 is 0 Å². The molecule has 92 valence electrons. The van der Waals surface area contributed by atoms with E-state index in [1.54, 1.807) is 0 Å². The first-order chi connectivity index (χ1) is 8.19. The lowest BCUT2D eigenvalue weighted by atomic mass is 9.82. The smallest absolute Gasteiger partial charge is 0.0857 e. The molecule has 1 heterocycles. The zero-order chi connectivity index (χ0) is 11.9. The molecule has 1 aromatic carbocycles. The molecule has 0 radical (unpaired) electrons. The summed E-state index contributed by atoms with van der Waals surface area (Å²) in [6.45, 7) is 0.944. The van der Waals surface area contributed by atoms with Crippen molar-refractivity contribution in [3.8, 4) is 0 Å². The van der Waals surface area contributed by atoms with E-state index in [1.807, 2.05) is 0 Å². The molecular weight excluding hydrogens is 212 g/mol. The average Bonchev–Trinajstić information content (AvgIpc) is 2.70. The maximum Gasteiger partial charge on any atom is 0.0857 e. The van der Waals surface area contributed by atoms with Crippen molar-refractivity contribution in [1.82, 2.24) is 5.32 Å². The van der Waals surface area contributed by atoms with Gasteiger partial charge in [0.05, 0.1) is 11.6 Å². The summed E-state index contributed by atoms with van der Waals surface area (Å²) in [4.78, 5) is 0. The van der Waals surface area contributed by atoms with Gasteiger partial charge in [-0.1, -0.05) is 24.3 Å². The predicted molar refractivity (Wildman–Crippen MR) is 67.7 cm³/mol. The largest absolute Gasteiger partial charge is 0.388 e. The highest BCUT2D eigenvalue weighted by molar-refractivity contribution is 5.34. The van der Waals surface area contributed by atoms with Crippen LogP contribution in [0.4, 0.5) is 0 Å². The predicted octanol–water partition coefficient (Wildman–Crippen LogP) is 1.12. The van der Waals surface area contributed by atoms with Gasteiger partial charge in [0.1, 0.15) is 0 Å². The second-order valence-corrected chi connectivity index (χ2v) is 5.44. The van der Waals surface area contributed by atoms with E-state index in [2.05, 4.69) is 29.6 Å². The van der Waals surface area contributed by atoms with E-state index in [1.165, 1.54) is 11.1 Å². The summed E-state index contributed by atoms with van der Waals surface area (Å²) in [6, 6.07) is 8.63. The van der Waals surface area contributed by atoms with Crippen LogP contribution in [0.5, 0.6) is 0 Å². The maximum atomic E-state index is 10.8. The Morgan fingerprint density at radius 2 is 2.18 bits per heavy atom. The molecule has 0 amide bonds. The summed E-state index contributed by atoms with van der Waals surface area (Å²) in [6.07, 6.45) is 3.49. The van der Waals surface area contributed by atoms with Gasteiger partial charge in [-0.3, -0.25) is 0 Å². The monoisotopic (exact) mass is 232 g/mol. The summed E-state index contributed by atoms with van der Waals surface area (Å²) >= 11 is 0. The Hall–Kier alpha value is -0.900. The van der Waals surface area contributed by atoms with Crippen LogP contribution in [0.3, 0.4) is 0 Å². The highest BCUT2D eigenvalue weighted by atomic mass is 16.3. The molecule has 3 nitrogen and oxygen atoms in total. The van der Waals surface area contributed by atoms with Crippen molar-refractivity contribution < 1.29 is 5.11 Å². The van der Waals surface area contributed by atoms with Gasteiger partial charge in [-0.05, 0) is 43.4 Å². The first-order valence-corrected chi connectivity index (χ1v) is 6.48. The fraction of sp³-hybridized carbons (Fsp3) is 0.571.